The maximum atomic E-state index is 9.29. The minimum absolute atomic E-state index is 0.0301. The molecule has 4 N–H and O–H groups in total. The van der Waals surface area contributed by atoms with Crippen LogP contribution in [-0.2, 0) is 0 Å². The molecule has 3 nitrogen and oxygen atoms in total. The van der Waals surface area contributed by atoms with Gasteiger partial charge >= 0.3 is 0 Å². The van der Waals surface area contributed by atoms with Gasteiger partial charge in [-0.25, -0.2) is 0 Å². The van der Waals surface area contributed by atoms with Crippen LogP contribution in [0.25, 0.3) is 0 Å². The monoisotopic (exact) mass is 144 g/mol. The number of β-amino-alcohol motifs (C(OH)–C–C–N with tert-alkyl or cyclic N) is 1. The lowest BCUT2D eigenvalue weighted by Crippen LogP contribution is -2.39. The van der Waals surface area contributed by atoms with Crippen LogP contribution in [0.4, 0.5) is 0 Å². The van der Waals surface area contributed by atoms with E-state index in [9.17, 15) is 5.11 Å². The lowest BCUT2D eigenvalue weighted by atomic mass is 10.1. The molecule has 0 aliphatic carbocycles. The van der Waals surface area contributed by atoms with Crippen molar-refractivity contribution in [3.05, 3.63) is 0 Å². The van der Waals surface area contributed by atoms with Crippen LogP contribution in [0, 0.1) is 0 Å². The Kier molecular flexibility index (Phi) is 2.65. The highest BCUT2D eigenvalue weighted by Gasteiger charge is 2.19. The van der Waals surface area contributed by atoms with Crippen LogP contribution in [0.3, 0.4) is 0 Å². The molecule has 1 aliphatic rings. The van der Waals surface area contributed by atoms with Gasteiger partial charge in [-0.3, -0.25) is 0 Å². The van der Waals surface area contributed by atoms with Crippen molar-refractivity contribution < 1.29 is 5.11 Å². The highest BCUT2D eigenvalue weighted by molar-refractivity contribution is 4.80. The quantitative estimate of drug-likeness (QED) is 0.427. The summed E-state index contributed by atoms with van der Waals surface area (Å²) in [6.07, 6.45) is 1.64. The van der Waals surface area contributed by atoms with Gasteiger partial charge in [-0.1, -0.05) is 0 Å². The van der Waals surface area contributed by atoms with Crippen molar-refractivity contribution in [3.8, 4) is 0 Å². The van der Waals surface area contributed by atoms with Crippen LogP contribution < -0.4 is 11.1 Å². The number of nitrogens with two attached hydrogens (primary N) is 1. The zero-order chi connectivity index (χ0) is 7.56. The van der Waals surface area contributed by atoms with Gasteiger partial charge in [0.1, 0.15) is 0 Å². The molecule has 0 aromatic rings. The van der Waals surface area contributed by atoms with E-state index in [0.717, 1.165) is 12.8 Å². The summed E-state index contributed by atoms with van der Waals surface area (Å²) in [5.74, 6) is 0. The molecule has 0 bridgehead atoms. The zero-order valence-electron chi connectivity index (χ0n) is 6.38. The van der Waals surface area contributed by atoms with Gasteiger partial charge in [0.05, 0.1) is 6.10 Å². The molecule has 0 radical (unpaired) electrons. The van der Waals surface area contributed by atoms with E-state index in [4.69, 9.17) is 5.73 Å². The number of aliphatic hydroxyl groups is 1. The van der Waals surface area contributed by atoms with Crippen LogP contribution in [0.1, 0.15) is 19.8 Å². The van der Waals surface area contributed by atoms with Crippen molar-refractivity contribution in [2.24, 2.45) is 5.73 Å². The minimum atomic E-state index is -0.357. The van der Waals surface area contributed by atoms with Gasteiger partial charge in [0, 0.05) is 18.6 Å². The molecular formula is C7H16N2O. The maximum absolute atomic E-state index is 9.29. The summed E-state index contributed by atoms with van der Waals surface area (Å²) >= 11 is 0. The van der Waals surface area contributed by atoms with E-state index in [1.165, 1.54) is 0 Å². The second-order valence-electron chi connectivity index (χ2n) is 3.12. The Morgan fingerprint density at radius 1 is 1.50 bits per heavy atom. The molecule has 0 saturated carbocycles. The Balaban J connectivity index is 2.38. The van der Waals surface area contributed by atoms with Crippen molar-refractivity contribution in [2.75, 3.05) is 6.54 Å². The minimum Gasteiger partial charge on any atom is -0.390 e. The van der Waals surface area contributed by atoms with E-state index < -0.39 is 0 Å². The average molecular weight is 144 g/mol. The van der Waals surface area contributed by atoms with Crippen molar-refractivity contribution in [2.45, 2.75) is 38.0 Å². The standard InChI is InChI=1S/C7H16N2O/c1-5-2-3-6(8)7(10)4-9-5/h5-7,9-10H,2-4,8H2,1H3/t5-,6+,7+/m1/s1. The van der Waals surface area contributed by atoms with Gasteiger partial charge < -0.3 is 16.2 Å². The number of aliphatic hydroxyl groups excluding tert-OH is 1. The first-order valence-electron chi connectivity index (χ1n) is 3.87. The third kappa shape index (κ3) is 1.94. The van der Waals surface area contributed by atoms with Gasteiger partial charge in [0.15, 0.2) is 0 Å². The Labute approximate surface area is 61.6 Å². The molecule has 1 rings (SSSR count). The highest BCUT2D eigenvalue weighted by Crippen LogP contribution is 2.07. The molecule has 60 valence electrons. The Morgan fingerprint density at radius 2 is 2.20 bits per heavy atom. The van der Waals surface area contributed by atoms with Crippen molar-refractivity contribution in [1.82, 2.24) is 5.32 Å². The predicted molar refractivity (Wildman–Crippen MR) is 40.7 cm³/mol. The Hall–Kier alpha value is -0.120. The molecule has 3 atom stereocenters. The molecule has 0 aromatic heterocycles. The van der Waals surface area contributed by atoms with Gasteiger partial charge in [0.2, 0.25) is 0 Å². The lowest BCUT2D eigenvalue weighted by molar-refractivity contribution is 0.147. The molecule has 1 aliphatic heterocycles. The SMILES string of the molecule is C[C@@H]1CC[C@H](N)[C@@H](O)CN1. The number of nitrogens with one attached hydrogen (secondary N) is 1. The largest absolute Gasteiger partial charge is 0.390 e. The number of hydrogen-bond acceptors (Lipinski definition) is 3. The van der Waals surface area contributed by atoms with E-state index in [-0.39, 0.29) is 12.1 Å². The normalized spacial score (nSPS) is 42.9. The fourth-order valence-electron chi connectivity index (χ4n) is 1.21. The number of rotatable bonds is 0. The molecule has 0 aromatic carbocycles. The van der Waals surface area contributed by atoms with Crippen LogP contribution in [-0.4, -0.2) is 29.8 Å². The first kappa shape index (κ1) is 7.98. The molecule has 1 saturated heterocycles. The van der Waals surface area contributed by atoms with Crippen LogP contribution in [0.2, 0.25) is 0 Å². The van der Waals surface area contributed by atoms with E-state index in [1.54, 1.807) is 0 Å². The van der Waals surface area contributed by atoms with Crippen LogP contribution in [0.15, 0.2) is 0 Å². The molecule has 0 spiro atoms. The summed E-state index contributed by atoms with van der Waals surface area (Å²) in [4.78, 5) is 0. The zero-order valence-corrected chi connectivity index (χ0v) is 6.38. The summed E-state index contributed by atoms with van der Waals surface area (Å²) in [7, 11) is 0. The molecule has 1 fully saturated rings. The second-order valence-corrected chi connectivity index (χ2v) is 3.12. The molecule has 3 heteroatoms. The molecule has 0 unspecified atom stereocenters. The third-order valence-electron chi connectivity index (χ3n) is 2.10. The number of hydrogen-bond donors (Lipinski definition) is 3. The lowest BCUT2D eigenvalue weighted by Gasteiger charge is -2.13. The van der Waals surface area contributed by atoms with E-state index >= 15 is 0 Å². The van der Waals surface area contributed by atoms with E-state index in [0.29, 0.717) is 12.6 Å². The third-order valence-corrected chi connectivity index (χ3v) is 2.10. The van der Waals surface area contributed by atoms with Crippen LogP contribution >= 0.6 is 0 Å². The Bertz CT molecular complexity index is 95.8. The first-order valence-corrected chi connectivity index (χ1v) is 3.87. The second kappa shape index (κ2) is 3.32. The fraction of sp³-hybridized carbons (Fsp3) is 1.00. The molecule has 10 heavy (non-hydrogen) atoms. The van der Waals surface area contributed by atoms with Crippen LogP contribution in [0.5, 0.6) is 0 Å². The van der Waals surface area contributed by atoms with Gasteiger partial charge in [-0.15, -0.1) is 0 Å². The summed E-state index contributed by atoms with van der Waals surface area (Å²) in [6, 6.07) is 0.473. The van der Waals surface area contributed by atoms with Gasteiger partial charge in [-0.2, -0.15) is 0 Å². The average Bonchev–Trinajstić information content (AvgIpc) is 2.04. The maximum Gasteiger partial charge on any atom is 0.0815 e. The van der Waals surface area contributed by atoms with Crippen molar-refractivity contribution in [3.63, 3.8) is 0 Å². The molecule has 0 amide bonds. The first-order chi connectivity index (χ1) is 4.70. The van der Waals surface area contributed by atoms with Crippen molar-refractivity contribution >= 4 is 0 Å². The van der Waals surface area contributed by atoms with Crippen molar-refractivity contribution in [1.29, 1.82) is 0 Å². The summed E-state index contributed by atoms with van der Waals surface area (Å²) in [5.41, 5.74) is 5.65. The predicted octanol–water partition coefficient (Wildman–Crippen LogP) is -0.553. The Morgan fingerprint density at radius 3 is 2.90 bits per heavy atom. The summed E-state index contributed by atoms with van der Waals surface area (Å²) in [5, 5.41) is 12.5. The molecule has 1 heterocycles. The van der Waals surface area contributed by atoms with E-state index in [2.05, 4.69) is 12.2 Å². The fourth-order valence-corrected chi connectivity index (χ4v) is 1.21. The molecular weight excluding hydrogens is 128 g/mol. The topological polar surface area (TPSA) is 58.3 Å². The smallest absolute Gasteiger partial charge is 0.0815 e. The van der Waals surface area contributed by atoms with Gasteiger partial charge in [-0.05, 0) is 19.8 Å². The van der Waals surface area contributed by atoms with Gasteiger partial charge in [0.25, 0.3) is 0 Å². The highest BCUT2D eigenvalue weighted by atomic mass is 16.3. The summed E-state index contributed by atoms with van der Waals surface area (Å²) in [6.45, 7) is 2.76. The summed E-state index contributed by atoms with van der Waals surface area (Å²) < 4.78 is 0. The van der Waals surface area contributed by atoms with E-state index in [1.807, 2.05) is 0 Å².